The Morgan fingerprint density at radius 3 is 2.59 bits per heavy atom. The maximum Gasteiger partial charge on any atom is 0.257 e. The van der Waals surface area contributed by atoms with E-state index in [2.05, 4.69) is 20.8 Å². The second-order valence-electron chi connectivity index (χ2n) is 8.37. The highest BCUT2D eigenvalue weighted by atomic mass is 32.2. The monoisotopic (exact) mass is 489 g/mol. The standard InChI is InChI=1S/C23H25F2N5O3S/c1-14(2)26-12-15-5-3-4-6-19(15)23(31)27-22-20-13-30(8-7-21(20)28-29-22)34(32,33)18-10-16(24)9-17(25)11-18/h3-6,9-11,14,26H,7-8,12-13H2,1-2H3,(H2,27,28,29,31). The zero-order chi connectivity index (χ0) is 24.5. The Balaban J connectivity index is 1.56. The first-order chi connectivity index (χ1) is 16.1. The van der Waals surface area contributed by atoms with Crippen molar-refractivity contribution in [1.29, 1.82) is 0 Å². The van der Waals surface area contributed by atoms with E-state index in [0.29, 0.717) is 35.9 Å². The SMILES string of the molecule is CC(C)NCc1ccccc1C(=O)Nc1n[nH]c2c1CN(S(=O)(=O)c1cc(F)cc(F)c1)CC2. The van der Waals surface area contributed by atoms with Crippen LogP contribution in [0.2, 0.25) is 0 Å². The molecule has 0 bridgehead atoms. The normalized spacial score (nSPS) is 14.3. The first-order valence-corrected chi connectivity index (χ1v) is 12.2. The van der Waals surface area contributed by atoms with E-state index in [1.54, 1.807) is 12.1 Å². The van der Waals surface area contributed by atoms with Crippen LogP contribution in [0.15, 0.2) is 47.4 Å². The molecule has 0 aliphatic carbocycles. The van der Waals surface area contributed by atoms with Gasteiger partial charge in [-0.05, 0) is 23.8 Å². The zero-order valence-corrected chi connectivity index (χ0v) is 19.5. The Kier molecular flexibility index (Phi) is 6.78. The number of nitrogens with one attached hydrogen (secondary N) is 3. The van der Waals surface area contributed by atoms with Crippen molar-refractivity contribution in [3.63, 3.8) is 0 Å². The van der Waals surface area contributed by atoms with Crippen LogP contribution in [0, 0.1) is 11.6 Å². The van der Waals surface area contributed by atoms with E-state index in [-0.39, 0.29) is 30.9 Å². The van der Waals surface area contributed by atoms with Crippen LogP contribution in [-0.4, -0.2) is 41.4 Å². The summed E-state index contributed by atoms with van der Waals surface area (Å²) in [6.07, 6.45) is 0.310. The Morgan fingerprint density at radius 1 is 1.18 bits per heavy atom. The number of carbonyl (C=O) groups excluding carboxylic acids is 1. The number of fused-ring (bicyclic) bond motifs is 1. The molecule has 0 spiro atoms. The number of anilines is 1. The van der Waals surface area contributed by atoms with Gasteiger partial charge in [0, 0.05) is 55.0 Å². The van der Waals surface area contributed by atoms with Crippen molar-refractivity contribution in [2.45, 2.75) is 44.3 Å². The molecule has 0 saturated heterocycles. The first-order valence-electron chi connectivity index (χ1n) is 10.8. The summed E-state index contributed by atoms with van der Waals surface area (Å²) in [5.74, 6) is -2.10. The summed E-state index contributed by atoms with van der Waals surface area (Å²) in [5, 5.41) is 13.1. The van der Waals surface area contributed by atoms with Gasteiger partial charge < -0.3 is 10.6 Å². The molecule has 0 radical (unpaired) electrons. The van der Waals surface area contributed by atoms with Crippen LogP contribution in [0.5, 0.6) is 0 Å². The Labute approximate surface area is 196 Å². The van der Waals surface area contributed by atoms with E-state index < -0.39 is 26.6 Å². The average molecular weight is 490 g/mol. The maximum absolute atomic E-state index is 13.6. The highest BCUT2D eigenvalue weighted by Gasteiger charge is 2.32. The zero-order valence-electron chi connectivity index (χ0n) is 18.7. The van der Waals surface area contributed by atoms with Gasteiger partial charge in [0.05, 0.1) is 4.90 Å². The van der Waals surface area contributed by atoms with Crippen molar-refractivity contribution in [1.82, 2.24) is 19.8 Å². The quantitative estimate of drug-likeness (QED) is 0.473. The molecule has 1 aliphatic rings. The van der Waals surface area contributed by atoms with Gasteiger partial charge >= 0.3 is 0 Å². The Morgan fingerprint density at radius 2 is 1.88 bits per heavy atom. The molecule has 34 heavy (non-hydrogen) atoms. The molecule has 1 aliphatic heterocycles. The summed E-state index contributed by atoms with van der Waals surface area (Å²) in [6, 6.07) is 9.61. The number of hydrogen-bond acceptors (Lipinski definition) is 5. The third-order valence-electron chi connectivity index (χ3n) is 5.57. The van der Waals surface area contributed by atoms with Gasteiger partial charge in [-0.3, -0.25) is 9.89 Å². The fourth-order valence-corrected chi connectivity index (χ4v) is 5.24. The molecule has 11 heteroatoms. The molecule has 1 amide bonds. The van der Waals surface area contributed by atoms with Gasteiger partial charge in [-0.25, -0.2) is 17.2 Å². The second-order valence-corrected chi connectivity index (χ2v) is 10.3. The van der Waals surface area contributed by atoms with E-state index in [9.17, 15) is 22.0 Å². The van der Waals surface area contributed by atoms with E-state index in [4.69, 9.17) is 0 Å². The van der Waals surface area contributed by atoms with Gasteiger partial charge in [-0.1, -0.05) is 32.0 Å². The lowest BCUT2D eigenvalue weighted by molar-refractivity contribution is 0.102. The molecular formula is C23H25F2N5O3S. The number of hydrogen-bond donors (Lipinski definition) is 3. The van der Waals surface area contributed by atoms with Crippen molar-refractivity contribution in [2.24, 2.45) is 0 Å². The molecular weight excluding hydrogens is 464 g/mol. The lowest BCUT2D eigenvalue weighted by Gasteiger charge is -2.26. The minimum absolute atomic E-state index is 0.0987. The van der Waals surface area contributed by atoms with Gasteiger partial charge in [-0.15, -0.1) is 0 Å². The summed E-state index contributed by atoms with van der Waals surface area (Å²) in [7, 11) is -4.16. The number of amides is 1. The summed E-state index contributed by atoms with van der Waals surface area (Å²) in [6.45, 7) is 4.54. The molecule has 8 nitrogen and oxygen atoms in total. The van der Waals surface area contributed by atoms with Crippen LogP contribution in [0.4, 0.5) is 14.6 Å². The van der Waals surface area contributed by atoms with Crippen LogP contribution in [-0.2, 0) is 29.5 Å². The molecule has 2 heterocycles. The van der Waals surface area contributed by atoms with Crippen LogP contribution < -0.4 is 10.6 Å². The number of rotatable bonds is 7. The number of sulfonamides is 1. The number of benzene rings is 2. The smallest absolute Gasteiger partial charge is 0.257 e. The molecule has 4 rings (SSSR count). The van der Waals surface area contributed by atoms with Gasteiger partial charge in [0.15, 0.2) is 5.82 Å². The number of nitrogens with zero attached hydrogens (tertiary/aromatic N) is 2. The van der Waals surface area contributed by atoms with Crippen molar-refractivity contribution < 1.29 is 22.0 Å². The molecule has 0 unspecified atom stereocenters. The minimum atomic E-state index is -4.16. The average Bonchev–Trinajstić information content (AvgIpc) is 3.19. The largest absolute Gasteiger partial charge is 0.310 e. The third-order valence-corrected chi connectivity index (χ3v) is 7.39. The van der Waals surface area contributed by atoms with Crippen molar-refractivity contribution in [3.05, 3.63) is 76.5 Å². The maximum atomic E-state index is 13.6. The van der Waals surface area contributed by atoms with Crippen LogP contribution in [0.1, 0.15) is 41.0 Å². The molecule has 0 fully saturated rings. The number of aromatic nitrogens is 2. The Bertz CT molecular complexity index is 1300. The van der Waals surface area contributed by atoms with Crippen LogP contribution in [0.25, 0.3) is 0 Å². The molecule has 2 aromatic carbocycles. The van der Waals surface area contributed by atoms with E-state index in [1.165, 1.54) is 0 Å². The summed E-state index contributed by atoms with van der Waals surface area (Å²) in [4.78, 5) is 12.6. The molecule has 3 aromatic rings. The number of carbonyl (C=O) groups is 1. The molecule has 3 N–H and O–H groups in total. The molecule has 180 valence electrons. The molecule has 1 aromatic heterocycles. The highest BCUT2D eigenvalue weighted by molar-refractivity contribution is 7.89. The van der Waals surface area contributed by atoms with Crippen LogP contribution >= 0.6 is 0 Å². The number of aromatic amines is 1. The highest BCUT2D eigenvalue weighted by Crippen LogP contribution is 2.29. The predicted octanol–water partition coefficient (Wildman–Crippen LogP) is 3.19. The predicted molar refractivity (Wildman–Crippen MR) is 123 cm³/mol. The van der Waals surface area contributed by atoms with Crippen molar-refractivity contribution >= 4 is 21.7 Å². The fourth-order valence-electron chi connectivity index (χ4n) is 3.79. The second kappa shape index (κ2) is 9.61. The van der Waals surface area contributed by atoms with Crippen LogP contribution in [0.3, 0.4) is 0 Å². The summed E-state index contributed by atoms with van der Waals surface area (Å²) >= 11 is 0. The Hall–Kier alpha value is -3.15. The number of halogens is 2. The van der Waals surface area contributed by atoms with E-state index in [1.807, 2.05) is 26.0 Å². The number of H-pyrrole nitrogens is 1. The van der Waals surface area contributed by atoms with E-state index >= 15 is 0 Å². The lowest BCUT2D eigenvalue weighted by Crippen LogP contribution is -2.36. The van der Waals surface area contributed by atoms with Gasteiger partial charge in [0.1, 0.15) is 11.6 Å². The topological polar surface area (TPSA) is 107 Å². The fraction of sp³-hybridized carbons (Fsp3) is 0.304. The summed E-state index contributed by atoms with van der Waals surface area (Å²) in [5.41, 5.74) is 2.50. The van der Waals surface area contributed by atoms with E-state index in [0.717, 1.165) is 22.0 Å². The van der Waals surface area contributed by atoms with Crippen molar-refractivity contribution in [2.75, 3.05) is 11.9 Å². The molecule has 0 saturated carbocycles. The summed E-state index contributed by atoms with van der Waals surface area (Å²) < 4.78 is 54.4. The van der Waals surface area contributed by atoms with Gasteiger partial charge in [-0.2, -0.15) is 9.40 Å². The third kappa shape index (κ3) is 5.01. The lowest BCUT2D eigenvalue weighted by atomic mass is 10.1. The van der Waals surface area contributed by atoms with Gasteiger partial charge in [0.25, 0.3) is 5.91 Å². The first kappa shape index (κ1) is 24.0. The minimum Gasteiger partial charge on any atom is -0.310 e. The molecule has 0 atom stereocenters. The van der Waals surface area contributed by atoms with Gasteiger partial charge in [0.2, 0.25) is 10.0 Å². The van der Waals surface area contributed by atoms with Crippen molar-refractivity contribution in [3.8, 4) is 0 Å².